The molecule has 2 heterocycles. The largest absolute Gasteiger partial charge is 0.373 e. The van der Waals surface area contributed by atoms with Gasteiger partial charge in [-0.3, -0.25) is 4.79 Å². The molecule has 4 nitrogen and oxygen atoms in total. The van der Waals surface area contributed by atoms with Crippen molar-refractivity contribution in [3.63, 3.8) is 0 Å². The summed E-state index contributed by atoms with van der Waals surface area (Å²) >= 11 is 0. The van der Waals surface area contributed by atoms with Gasteiger partial charge in [-0.15, -0.1) is 0 Å². The van der Waals surface area contributed by atoms with Gasteiger partial charge in [0.2, 0.25) is 5.91 Å². The summed E-state index contributed by atoms with van der Waals surface area (Å²) in [6, 6.07) is 6.95. The number of halogens is 1. The van der Waals surface area contributed by atoms with Crippen LogP contribution in [0.2, 0.25) is 0 Å². The zero-order chi connectivity index (χ0) is 17.4. The Morgan fingerprint density at radius 2 is 1.96 bits per heavy atom. The van der Waals surface area contributed by atoms with E-state index in [9.17, 15) is 9.18 Å². The molecule has 0 N–H and O–H groups in total. The summed E-state index contributed by atoms with van der Waals surface area (Å²) in [6.45, 7) is 2.33. The summed E-state index contributed by atoms with van der Waals surface area (Å²) in [5, 5.41) is 0. The molecule has 25 heavy (non-hydrogen) atoms. The zero-order valence-electron chi connectivity index (χ0n) is 14.9. The Hall–Kier alpha value is -1.62. The van der Waals surface area contributed by atoms with Crippen molar-refractivity contribution in [3.8, 4) is 0 Å². The van der Waals surface area contributed by atoms with Crippen LogP contribution in [0, 0.1) is 11.7 Å². The quantitative estimate of drug-likeness (QED) is 0.839. The Morgan fingerprint density at radius 3 is 2.60 bits per heavy atom. The Morgan fingerprint density at radius 1 is 1.28 bits per heavy atom. The summed E-state index contributed by atoms with van der Waals surface area (Å²) in [7, 11) is 2.05. The van der Waals surface area contributed by atoms with E-state index in [1.165, 1.54) is 25.0 Å². The van der Waals surface area contributed by atoms with Crippen LogP contribution in [-0.4, -0.2) is 49.2 Å². The topological polar surface area (TPSA) is 32.8 Å². The van der Waals surface area contributed by atoms with Gasteiger partial charge in [0.15, 0.2) is 0 Å². The highest BCUT2D eigenvalue weighted by Gasteiger charge is 2.44. The summed E-state index contributed by atoms with van der Waals surface area (Å²) < 4.78 is 19.4. The SMILES string of the molecule is CN(c1ccc(F)cc1)[C@@H]1COC2(CCN(C(=O)CC3CC3)CC2)C1. The molecule has 5 heteroatoms. The lowest BCUT2D eigenvalue weighted by molar-refractivity contribution is -0.136. The van der Waals surface area contributed by atoms with Crippen molar-refractivity contribution in [2.24, 2.45) is 5.92 Å². The number of ether oxygens (including phenoxy) is 1. The average Bonchev–Trinajstić information content (AvgIpc) is 3.34. The molecule has 1 aliphatic carbocycles. The van der Waals surface area contributed by atoms with Gasteiger partial charge >= 0.3 is 0 Å². The maximum Gasteiger partial charge on any atom is 0.222 e. The van der Waals surface area contributed by atoms with E-state index in [0.717, 1.165) is 44.5 Å². The molecule has 1 saturated carbocycles. The normalized spacial score (nSPS) is 25.4. The number of carbonyl (C=O) groups excluding carboxylic acids is 1. The molecule has 1 amide bonds. The lowest BCUT2D eigenvalue weighted by atomic mass is 9.87. The second kappa shape index (κ2) is 6.60. The molecule has 0 radical (unpaired) electrons. The van der Waals surface area contributed by atoms with Gasteiger partial charge in [-0.25, -0.2) is 4.39 Å². The smallest absolute Gasteiger partial charge is 0.222 e. The lowest BCUT2D eigenvalue weighted by Crippen LogP contribution is -2.47. The molecule has 2 aliphatic heterocycles. The first kappa shape index (κ1) is 16.8. The number of piperidine rings is 1. The Bertz CT molecular complexity index is 621. The molecule has 1 atom stereocenters. The van der Waals surface area contributed by atoms with Gasteiger partial charge < -0.3 is 14.5 Å². The number of likely N-dealkylation sites (N-methyl/N-ethyl adjacent to an activating group) is 1. The molecule has 4 rings (SSSR count). The third kappa shape index (κ3) is 3.66. The monoisotopic (exact) mass is 346 g/mol. The molecule has 1 aromatic carbocycles. The fourth-order valence-corrected chi connectivity index (χ4v) is 4.17. The van der Waals surface area contributed by atoms with E-state index < -0.39 is 0 Å². The summed E-state index contributed by atoms with van der Waals surface area (Å²) in [4.78, 5) is 16.5. The van der Waals surface area contributed by atoms with Crippen molar-refractivity contribution < 1.29 is 13.9 Å². The third-order valence-corrected chi connectivity index (χ3v) is 6.16. The van der Waals surface area contributed by atoms with Crippen molar-refractivity contribution in [2.75, 3.05) is 31.6 Å². The predicted octanol–water partition coefficient (Wildman–Crippen LogP) is 3.21. The van der Waals surface area contributed by atoms with Crippen LogP contribution in [0.5, 0.6) is 0 Å². The second-order valence-electron chi connectivity index (χ2n) is 7.97. The van der Waals surface area contributed by atoms with Crippen molar-refractivity contribution in [2.45, 2.75) is 50.2 Å². The molecule has 0 aromatic heterocycles. The minimum atomic E-state index is -0.209. The summed E-state index contributed by atoms with van der Waals surface area (Å²) in [5.41, 5.74) is 0.930. The van der Waals surface area contributed by atoms with E-state index in [1.807, 2.05) is 17.0 Å². The highest BCUT2D eigenvalue weighted by atomic mass is 19.1. The first-order valence-electron chi connectivity index (χ1n) is 9.45. The van der Waals surface area contributed by atoms with Gasteiger partial charge in [-0.2, -0.15) is 0 Å². The van der Waals surface area contributed by atoms with Crippen LogP contribution < -0.4 is 4.90 Å². The Labute approximate surface area is 148 Å². The molecule has 3 fully saturated rings. The molecule has 0 bridgehead atoms. The molecular weight excluding hydrogens is 319 g/mol. The standard InChI is InChI=1S/C20H27FN2O2/c1-22(17-6-4-16(21)5-7-17)18-13-20(25-14-18)8-10-23(11-9-20)19(24)12-15-2-3-15/h4-7,15,18H,2-3,8-14H2,1H3/t18-/m0/s1. The average molecular weight is 346 g/mol. The van der Waals surface area contributed by atoms with Crippen molar-refractivity contribution >= 4 is 11.6 Å². The maximum absolute atomic E-state index is 13.1. The fourth-order valence-electron chi connectivity index (χ4n) is 4.17. The van der Waals surface area contributed by atoms with Gasteiger partial charge in [0.1, 0.15) is 5.82 Å². The van der Waals surface area contributed by atoms with Gasteiger partial charge in [-0.05, 0) is 62.3 Å². The predicted molar refractivity (Wildman–Crippen MR) is 95.0 cm³/mol. The van der Waals surface area contributed by atoms with E-state index in [4.69, 9.17) is 4.74 Å². The summed E-state index contributed by atoms with van der Waals surface area (Å²) in [6.07, 6.45) is 6.03. The number of hydrogen-bond donors (Lipinski definition) is 0. The minimum absolute atomic E-state index is 0.0880. The van der Waals surface area contributed by atoms with Gasteiger partial charge in [0.05, 0.1) is 18.2 Å². The number of anilines is 1. The van der Waals surface area contributed by atoms with Gasteiger partial charge in [-0.1, -0.05) is 0 Å². The first-order valence-corrected chi connectivity index (χ1v) is 9.45. The van der Waals surface area contributed by atoms with E-state index in [0.29, 0.717) is 24.5 Å². The lowest BCUT2D eigenvalue weighted by Gasteiger charge is -2.39. The van der Waals surface area contributed by atoms with Crippen LogP contribution in [-0.2, 0) is 9.53 Å². The number of benzene rings is 1. The Kier molecular flexibility index (Phi) is 4.44. The highest BCUT2D eigenvalue weighted by Crippen LogP contribution is 2.39. The minimum Gasteiger partial charge on any atom is -0.373 e. The number of hydrogen-bond acceptors (Lipinski definition) is 3. The van der Waals surface area contributed by atoms with Crippen LogP contribution in [0.3, 0.4) is 0 Å². The number of rotatable bonds is 4. The maximum atomic E-state index is 13.1. The van der Waals surface area contributed by atoms with Crippen LogP contribution in [0.4, 0.5) is 10.1 Å². The van der Waals surface area contributed by atoms with Gasteiger partial charge in [0, 0.05) is 32.2 Å². The highest BCUT2D eigenvalue weighted by molar-refractivity contribution is 5.76. The molecule has 1 aromatic rings. The molecular formula is C20H27FN2O2. The van der Waals surface area contributed by atoms with Crippen molar-refractivity contribution in [1.29, 1.82) is 0 Å². The zero-order valence-corrected chi connectivity index (χ0v) is 14.9. The van der Waals surface area contributed by atoms with Crippen molar-refractivity contribution in [3.05, 3.63) is 30.1 Å². The molecule has 3 aliphatic rings. The van der Waals surface area contributed by atoms with E-state index in [-0.39, 0.29) is 11.4 Å². The Balaban J connectivity index is 1.32. The van der Waals surface area contributed by atoms with E-state index >= 15 is 0 Å². The van der Waals surface area contributed by atoms with E-state index in [1.54, 1.807) is 0 Å². The van der Waals surface area contributed by atoms with Crippen LogP contribution in [0.1, 0.15) is 38.5 Å². The fraction of sp³-hybridized carbons (Fsp3) is 0.650. The van der Waals surface area contributed by atoms with Gasteiger partial charge in [0.25, 0.3) is 0 Å². The molecule has 1 spiro atoms. The number of likely N-dealkylation sites (tertiary alicyclic amines) is 1. The molecule has 0 unspecified atom stereocenters. The summed E-state index contributed by atoms with van der Waals surface area (Å²) in [5.74, 6) is 0.773. The van der Waals surface area contributed by atoms with Crippen LogP contribution >= 0.6 is 0 Å². The number of nitrogens with zero attached hydrogens (tertiary/aromatic N) is 2. The first-order chi connectivity index (χ1) is 12.0. The van der Waals surface area contributed by atoms with Crippen LogP contribution in [0.15, 0.2) is 24.3 Å². The number of carbonyl (C=O) groups is 1. The van der Waals surface area contributed by atoms with Crippen LogP contribution in [0.25, 0.3) is 0 Å². The second-order valence-corrected chi connectivity index (χ2v) is 7.97. The van der Waals surface area contributed by atoms with E-state index in [2.05, 4.69) is 11.9 Å². The molecule has 2 saturated heterocycles. The van der Waals surface area contributed by atoms with Crippen molar-refractivity contribution in [1.82, 2.24) is 4.90 Å². The number of amides is 1. The molecule has 136 valence electrons. The third-order valence-electron chi connectivity index (χ3n) is 6.16.